The molecule has 3 aliphatic heterocycles. The van der Waals surface area contributed by atoms with Gasteiger partial charge < -0.3 is 32.8 Å². The van der Waals surface area contributed by atoms with Crippen LogP contribution < -0.4 is 14.9 Å². The number of methoxy groups -OCH3 is 1. The van der Waals surface area contributed by atoms with Crippen molar-refractivity contribution in [2.24, 2.45) is 21.7 Å². The van der Waals surface area contributed by atoms with Crippen molar-refractivity contribution in [1.29, 1.82) is 0 Å². The molecule has 4 bridgehead atoms. The lowest BCUT2D eigenvalue weighted by molar-refractivity contribution is -0.217. The summed E-state index contributed by atoms with van der Waals surface area (Å²) in [6.07, 6.45) is -1.53. The molecule has 2 saturated carbocycles. The lowest BCUT2D eigenvalue weighted by Crippen LogP contribution is -2.57. The highest BCUT2D eigenvalue weighted by Gasteiger charge is 2.78. The Kier molecular flexibility index (Phi) is 6.68. The highest BCUT2D eigenvalue weighted by molar-refractivity contribution is 5.98. The van der Waals surface area contributed by atoms with Crippen molar-refractivity contribution in [3.8, 4) is 11.5 Å². The number of carbonyl (C=O) groups excluding carboxylic acids is 4. The van der Waals surface area contributed by atoms with Crippen LogP contribution in [-0.4, -0.2) is 53.9 Å². The number of hydrogen-bond acceptors (Lipinski definition) is 12. The van der Waals surface area contributed by atoms with Crippen LogP contribution >= 0.6 is 0 Å². The Bertz CT molecular complexity index is 2230. The summed E-state index contributed by atoms with van der Waals surface area (Å²) >= 11 is 0. The Morgan fingerprint density at radius 2 is 1.31 bits per heavy atom. The number of fused-ring (bicyclic) bond motifs is 8. The van der Waals surface area contributed by atoms with E-state index in [4.69, 9.17) is 32.8 Å². The fraction of sp³-hybridized carbons (Fsp3) is 0.575. The van der Waals surface area contributed by atoms with E-state index in [9.17, 15) is 24.0 Å². The van der Waals surface area contributed by atoms with Gasteiger partial charge in [0, 0.05) is 16.9 Å². The quantitative estimate of drug-likeness (QED) is 0.168. The molecule has 4 unspecified atom stereocenters. The lowest BCUT2D eigenvalue weighted by Gasteiger charge is -2.46. The van der Waals surface area contributed by atoms with Crippen LogP contribution in [-0.2, 0) is 38.1 Å². The topological polar surface area (TPSA) is 154 Å². The fourth-order valence-electron chi connectivity index (χ4n) is 9.63. The van der Waals surface area contributed by atoms with Gasteiger partial charge in [0.25, 0.3) is 0 Å². The normalized spacial score (nSPS) is 34.4. The van der Waals surface area contributed by atoms with Crippen molar-refractivity contribution in [1.82, 2.24) is 0 Å². The average molecular weight is 717 g/mol. The highest BCUT2D eigenvalue weighted by Crippen LogP contribution is 2.68. The minimum absolute atomic E-state index is 0.0146. The maximum Gasteiger partial charge on any atom is 0.351 e. The van der Waals surface area contributed by atoms with Crippen LogP contribution in [0.4, 0.5) is 0 Å². The maximum atomic E-state index is 14.7. The monoisotopic (exact) mass is 716 g/mol. The fourth-order valence-corrected chi connectivity index (χ4v) is 9.63. The first-order valence-corrected chi connectivity index (χ1v) is 17.8. The standard InChI is InChI=1S/C40H44O12/c1-19-11-12-21-20(17-19)26(41)24-22(46-10)18-23-25(27(24)47-21)28(48-32(44)39-15-13-37(8,30(42)51-39)35(39,4)5)29(34(2,3)50-23)49-33(45)40-16-14-38(9,31(43)52-40)36(40,6)7/h11-12,17-18,28-29H,13-16H2,1-10H3/t28-,29-,37?,38?,39?,40?/m1/s1. The molecule has 2 saturated heterocycles. The van der Waals surface area contributed by atoms with E-state index in [0.717, 1.165) is 5.56 Å². The molecule has 4 fully saturated rings. The van der Waals surface area contributed by atoms with E-state index < -0.39 is 74.5 Å². The Hall–Kier alpha value is -4.61. The van der Waals surface area contributed by atoms with Crippen molar-refractivity contribution in [3.05, 3.63) is 45.6 Å². The molecule has 3 aromatic rings. The maximum absolute atomic E-state index is 14.7. The molecule has 2 aliphatic carbocycles. The molecule has 0 spiro atoms. The number of aryl methyl sites for hydroxylation is 1. The van der Waals surface area contributed by atoms with Gasteiger partial charge in [-0.3, -0.25) is 14.4 Å². The van der Waals surface area contributed by atoms with Crippen LogP contribution in [0.2, 0.25) is 0 Å². The van der Waals surface area contributed by atoms with Crippen LogP contribution in [0.5, 0.6) is 11.5 Å². The van der Waals surface area contributed by atoms with E-state index in [0.29, 0.717) is 18.2 Å². The first kappa shape index (κ1) is 34.5. The number of ether oxygens (including phenoxy) is 6. The molecular weight excluding hydrogens is 672 g/mol. The molecule has 8 rings (SSSR count). The van der Waals surface area contributed by atoms with Gasteiger partial charge in [0.15, 0.2) is 17.8 Å². The van der Waals surface area contributed by atoms with E-state index >= 15 is 0 Å². The van der Waals surface area contributed by atoms with Gasteiger partial charge in [-0.1, -0.05) is 39.3 Å². The van der Waals surface area contributed by atoms with Gasteiger partial charge in [-0.05, 0) is 72.4 Å². The Morgan fingerprint density at radius 3 is 1.81 bits per heavy atom. The van der Waals surface area contributed by atoms with Crippen molar-refractivity contribution < 1.29 is 52.0 Å². The summed E-state index contributed by atoms with van der Waals surface area (Å²) in [5.74, 6) is -2.27. The number of rotatable bonds is 5. The molecule has 276 valence electrons. The second-order valence-corrected chi connectivity index (χ2v) is 17.3. The van der Waals surface area contributed by atoms with E-state index in [1.54, 1.807) is 45.9 Å². The summed E-state index contributed by atoms with van der Waals surface area (Å²) in [5.41, 5.74) is -7.49. The van der Waals surface area contributed by atoms with Gasteiger partial charge in [0.05, 0.1) is 28.9 Å². The summed E-state index contributed by atoms with van der Waals surface area (Å²) in [6, 6.07) is 6.73. The lowest BCUT2D eigenvalue weighted by atomic mass is 9.66. The molecule has 12 nitrogen and oxygen atoms in total. The molecule has 0 amide bonds. The van der Waals surface area contributed by atoms with E-state index in [1.165, 1.54) is 13.2 Å². The zero-order valence-corrected chi connectivity index (χ0v) is 31.2. The predicted octanol–water partition coefficient (Wildman–Crippen LogP) is 6.17. The molecule has 0 N–H and O–H groups in total. The summed E-state index contributed by atoms with van der Waals surface area (Å²) in [6.45, 7) is 16.0. The van der Waals surface area contributed by atoms with E-state index in [1.807, 2.05) is 34.6 Å². The van der Waals surface area contributed by atoms with Crippen LogP contribution in [0.3, 0.4) is 0 Å². The molecule has 6 atom stereocenters. The minimum Gasteiger partial charge on any atom is -0.496 e. The molecule has 1 aromatic heterocycles. The third kappa shape index (κ3) is 3.80. The Labute approximate surface area is 300 Å². The summed E-state index contributed by atoms with van der Waals surface area (Å²) in [4.78, 5) is 69.9. The average Bonchev–Trinajstić information content (AvgIpc) is 3.53. The number of benzene rings is 2. The van der Waals surface area contributed by atoms with Gasteiger partial charge in [0.2, 0.25) is 16.6 Å². The second-order valence-electron chi connectivity index (χ2n) is 17.3. The molecule has 12 heteroatoms. The first-order valence-electron chi connectivity index (χ1n) is 17.8. The molecular formula is C40H44O12. The van der Waals surface area contributed by atoms with Crippen LogP contribution in [0.25, 0.3) is 21.9 Å². The largest absolute Gasteiger partial charge is 0.496 e. The molecule has 0 radical (unpaired) electrons. The van der Waals surface area contributed by atoms with Crippen molar-refractivity contribution in [3.63, 3.8) is 0 Å². The highest BCUT2D eigenvalue weighted by atomic mass is 16.7. The predicted molar refractivity (Wildman–Crippen MR) is 185 cm³/mol. The zero-order chi connectivity index (χ0) is 37.8. The van der Waals surface area contributed by atoms with Crippen LogP contribution in [0, 0.1) is 28.6 Å². The summed E-state index contributed by atoms with van der Waals surface area (Å²) in [5, 5.41) is 0.390. The molecule has 4 heterocycles. The third-order valence-electron chi connectivity index (χ3n) is 14.2. The van der Waals surface area contributed by atoms with Crippen molar-refractivity contribution in [2.75, 3.05) is 7.11 Å². The second kappa shape index (κ2) is 10.1. The van der Waals surface area contributed by atoms with Gasteiger partial charge in [-0.25, -0.2) is 9.59 Å². The zero-order valence-electron chi connectivity index (χ0n) is 31.2. The molecule has 52 heavy (non-hydrogen) atoms. The van der Waals surface area contributed by atoms with E-state index in [-0.39, 0.29) is 51.9 Å². The van der Waals surface area contributed by atoms with E-state index in [2.05, 4.69) is 0 Å². The first-order chi connectivity index (χ1) is 24.1. The number of hydrogen-bond donors (Lipinski definition) is 0. The Morgan fingerprint density at radius 1 is 0.750 bits per heavy atom. The van der Waals surface area contributed by atoms with Gasteiger partial charge in [-0.2, -0.15) is 0 Å². The number of carbonyl (C=O) groups is 4. The van der Waals surface area contributed by atoms with Crippen molar-refractivity contribution >= 4 is 45.8 Å². The van der Waals surface area contributed by atoms with Gasteiger partial charge >= 0.3 is 23.9 Å². The van der Waals surface area contributed by atoms with Crippen LogP contribution in [0.1, 0.15) is 98.3 Å². The minimum atomic E-state index is -1.64. The summed E-state index contributed by atoms with van der Waals surface area (Å²) in [7, 11) is 1.42. The molecule has 2 aromatic carbocycles. The summed E-state index contributed by atoms with van der Waals surface area (Å²) < 4.78 is 43.4. The SMILES string of the molecule is COc1cc2c(c3oc4ccc(C)cc4c(=O)c13)[C@@H](OC(=O)C13CCC(C)(C(=O)O1)C3(C)C)[C@@H](OC(=O)C13CCC(C)(C(=O)O1)C3(C)C)C(C)(C)O2. The van der Waals surface area contributed by atoms with Crippen LogP contribution in [0.15, 0.2) is 33.5 Å². The smallest absolute Gasteiger partial charge is 0.351 e. The third-order valence-corrected chi connectivity index (χ3v) is 14.2. The Balaban J connectivity index is 1.33. The molecule has 5 aliphatic rings. The number of esters is 4. The van der Waals surface area contributed by atoms with Gasteiger partial charge in [-0.15, -0.1) is 0 Å². The van der Waals surface area contributed by atoms with Gasteiger partial charge in [0.1, 0.15) is 28.1 Å². The van der Waals surface area contributed by atoms with Crippen molar-refractivity contribution in [2.45, 2.75) is 117 Å².